The summed E-state index contributed by atoms with van der Waals surface area (Å²) >= 11 is 0. The van der Waals surface area contributed by atoms with E-state index in [4.69, 9.17) is 0 Å². The van der Waals surface area contributed by atoms with Crippen molar-refractivity contribution in [2.45, 2.75) is 32.6 Å². The van der Waals surface area contributed by atoms with E-state index in [1.54, 1.807) is 24.3 Å². The van der Waals surface area contributed by atoms with Gasteiger partial charge in [-0.2, -0.15) is 0 Å². The number of amides is 4. The SMILES string of the molecule is CCNC(=O)c1cccc(NC(=O)CN2C(=O)C3CCCCC3C2=O)c1. The molecule has 1 aromatic carbocycles. The zero-order valence-electron chi connectivity index (χ0n) is 14.8. The minimum atomic E-state index is -0.446. The van der Waals surface area contributed by atoms with Crippen molar-refractivity contribution in [3.8, 4) is 0 Å². The molecule has 1 aliphatic carbocycles. The molecular formula is C19H23N3O4. The summed E-state index contributed by atoms with van der Waals surface area (Å²) in [5.41, 5.74) is 0.888. The Hall–Kier alpha value is -2.70. The van der Waals surface area contributed by atoms with Gasteiger partial charge in [-0.05, 0) is 38.0 Å². The molecule has 2 aliphatic rings. The number of hydrogen-bond donors (Lipinski definition) is 2. The van der Waals surface area contributed by atoms with E-state index in [2.05, 4.69) is 10.6 Å². The lowest BCUT2D eigenvalue weighted by atomic mass is 9.81. The molecule has 4 amide bonds. The molecule has 7 heteroatoms. The van der Waals surface area contributed by atoms with Crippen LogP contribution in [0.25, 0.3) is 0 Å². The van der Waals surface area contributed by atoms with Crippen LogP contribution >= 0.6 is 0 Å². The van der Waals surface area contributed by atoms with E-state index < -0.39 is 5.91 Å². The normalized spacial score (nSPS) is 22.1. The summed E-state index contributed by atoms with van der Waals surface area (Å²) in [5.74, 6) is -1.65. The molecule has 26 heavy (non-hydrogen) atoms. The lowest BCUT2D eigenvalue weighted by Gasteiger charge is -2.19. The maximum absolute atomic E-state index is 12.4. The third-order valence-electron chi connectivity index (χ3n) is 4.98. The lowest BCUT2D eigenvalue weighted by molar-refractivity contribution is -0.142. The molecule has 0 bridgehead atoms. The summed E-state index contributed by atoms with van der Waals surface area (Å²) in [4.78, 5) is 50.1. The largest absolute Gasteiger partial charge is 0.352 e. The molecule has 1 saturated heterocycles. The van der Waals surface area contributed by atoms with Gasteiger partial charge >= 0.3 is 0 Å². The van der Waals surface area contributed by atoms with Gasteiger partial charge in [0.2, 0.25) is 17.7 Å². The summed E-state index contributed by atoms with van der Waals surface area (Å²) < 4.78 is 0. The smallest absolute Gasteiger partial charge is 0.251 e. The van der Waals surface area contributed by atoms with Gasteiger partial charge in [0.25, 0.3) is 5.91 Å². The monoisotopic (exact) mass is 357 g/mol. The molecule has 138 valence electrons. The maximum Gasteiger partial charge on any atom is 0.251 e. The maximum atomic E-state index is 12.4. The first-order chi connectivity index (χ1) is 12.5. The molecule has 7 nitrogen and oxygen atoms in total. The molecule has 1 aliphatic heterocycles. The van der Waals surface area contributed by atoms with Gasteiger partial charge in [0.15, 0.2) is 0 Å². The molecule has 2 fully saturated rings. The number of carbonyl (C=O) groups is 4. The summed E-state index contributed by atoms with van der Waals surface area (Å²) in [6.45, 7) is 2.05. The average molecular weight is 357 g/mol. The van der Waals surface area contributed by atoms with Gasteiger partial charge in [-0.15, -0.1) is 0 Å². The Morgan fingerprint density at radius 1 is 1.12 bits per heavy atom. The molecular weight excluding hydrogens is 334 g/mol. The van der Waals surface area contributed by atoms with Gasteiger partial charge in [-0.3, -0.25) is 24.1 Å². The zero-order chi connectivity index (χ0) is 18.7. The third-order valence-corrected chi connectivity index (χ3v) is 4.98. The third kappa shape index (κ3) is 3.61. The first-order valence-corrected chi connectivity index (χ1v) is 9.04. The number of imide groups is 1. The highest BCUT2D eigenvalue weighted by atomic mass is 16.2. The predicted octanol–water partition coefficient (Wildman–Crippen LogP) is 1.55. The van der Waals surface area contributed by atoms with Gasteiger partial charge in [0.05, 0.1) is 11.8 Å². The first kappa shape index (κ1) is 18.1. The number of benzene rings is 1. The fourth-order valence-electron chi connectivity index (χ4n) is 3.73. The van der Waals surface area contributed by atoms with Crippen LogP contribution in [0.4, 0.5) is 5.69 Å². The topological polar surface area (TPSA) is 95.6 Å². The molecule has 0 radical (unpaired) electrons. The number of carbonyl (C=O) groups excluding carboxylic acids is 4. The van der Waals surface area contributed by atoms with Crippen molar-refractivity contribution in [3.63, 3.8) is 0 Å². The highest BCUT2D eigenvalue weighted by Gasteiger charge is 2.48. The van der Waals surface area contributed by atoms with Crippen LogP contribution in [0.5, 0.6) is 0 Å². The molecule has 1 aromatic rings. The summed E-state index contributed by atoms with van der Waals surface area (Å²) in [6.07, 6.45) is 3.35. The van der Waals surface area contributed by atoms with E-state index in [0.717, 1.165) is 30.6 Å². The minimum absolute atomic E-state index is 0.224. The predicted molar refractivity (Wildman–Crippen MR) is 95.2 cm³/mol. The van der Waals surface area contributed by atoms with Crippen molar-refractivity contribution in [1.82, 2.24) is 10.2 Å². The van der Waals surface area contributed by atoms with Gasteiger partial charge < -0.3 is 10.6 Å². The highest BCUT2D eigenvalue weighted by Crippen LogP contribution is 2.37. The Bertz CT molecular complexity index is 722. The van der Waals surface area contributed by atoms with Gasteiger partial charge in [-0.1, -0.05) is 18.9 Å². The van der Waals surface area contributed by atoms with Crippen LogP contribution in [-0.2, 0) is 14.4 Å². The Kier molecular flexibility index (Phi) is 5.35. The van der Waals surface area contributed by atoms with E-state index in [0.29, 0.717) is 17.8 Å². The van der Waals surface area contributed by atoms with Crippen LogP contribution < -0.4 is 10.6 Å². The van der Waals surface area contributed by atoms with E-state index >= 15 is 0 Å². The van der Waals surface area contributed by atoms with Crippen LogP contribution in [0.1, 0.15) is 43.0 Å². The average Bonchev–Trinajstić information content (AvgIpc) is 2.87. The number of rotatable bonds is 5. The molecule has 0 spiro atoms. The van der Waals surface area contributed by atoms with Gasteiger partial charge in [-0.25, -0.2) is 0 Å². The van der Waals surface area contributed by atoms with Crippen molar-refractivity contribution in [3.05, 3.63) is 29.8 Å². The highest BCUT2D eigenvalue weighted by molar-refractivity contribution is 6.08. The van der Waals surface area contributed by atoms with Crippen molar-refractivity contribution in [2.75, 3.05) is 18.4 Å². The number of nitrogens with one attached hydrogen (secondary N) is 2. The van der Waals surface area contributed by atoms with Crippen molar-refractivity contribution >= 4 is 29.3 Å². The van der Waals surface area contributed by atoms with E-state index in [9.17, 15) is 19.2 Å². The number of nitrogens with zero attached hydrogens (tertiary/aromatic N) is 1. The molecule has 1 saturated carbocycles. The van der Waals surface area contributed by atoms with Crippen LogP contribution in [-0.4, -0.2) is 41.6 Å². The second-order valence-corrected chi connectivity index (χ2v) is 6.75. The van der Waals surface area contributed by atoms with Crippen molar-refractivity contribution in [1.29, 1.82) is 0 Å². The Balaban J connectivity index is 1.64. The molecule has 0 aromatic heterocycles. The lowest BCUT2D eigenvalue weighted by Crippen LogP contribution is -2.38. The van der Waals surface area contributed by atoms with Crippen LogP contribution in [0.3, 0.4) is 0 Å². The fourth-order valence-corrected chi connectivity index (χ4v) is 3.73. The van der Waals surface area contributed by atoms with E-state index in [1.807, 2.05) is 6.92 Å². The molecule has 2 atom stereocenters. The number of anilines is 1. The zero-order valence-corrected chi connectivity index (χ0v) is 14.8. The second-order valence-electron chi connectivity index (χ2n) is 6.75. The molecule has 2 N–H and O–H groups in total. The van der Waals surface area contributed by atoms with Crippen molar-refractivity contribution < 1.29 is 19.2 Å². The quantitative estimate of drug-likeness (QED) is 0.782. The Morgan fingerprint density at radius 3 is 2.38 bits per heavy atom. The molecule has 1 heterocycles. The van der Waals surface area contributed by atoms with Gasteiger partial charge in [0.1, 0.15) is 6.54 Å². The molecule has 3 rings (SSSR count). The number of fused-ring (bicyclic) bond motifs is 1. The Morgan fingerprint density at radius 2 is 1.77 bits per heavy atom. The van der Waals surface area contributed by atoms with Crippen LogP contribution in [0, 0.1) is 11.8 Å². The number of hydrogen-bond acceptors (Lipinski definition) is 4. The summed E-state index contributed by atoms with van der Waals surface area (Å²) in [5, 5.41) is 5.36. The fraction of sp³-hybridized carbons (Fsp3) is 0.474. The minimum Gasteiger partial charge on any atom is -0.352 e. The van der Waals surface area contributed by atoms with E-state index in [-0.39, 0.29) is 36.1 Å². The van der Waals surface area contributed by atoms with Gasteiger partial charge in [0, 0.05) is 17.8 Å². The molecule has 2 unspecified atom stereocenters. The van der Waals surface area contributed by atoms with Crippen LogP contribution in [0.15, 0.2) is 24.3 Å². The van der Waals surface area contributed by atoms with Crippen molar-refractivity contribution in [2.24, 2.45) is 11.8 Å². The standard InChI is InChI=1S/C19H23N3O4/c1-2-20-17(24)12-6-5-7-13(10-12)21-16(23)11-22-18(25)14-8-3-4-9-15(14)19(22)26/h5-7,10,14-15H,2-4,8-9,11H2,1H3,(H,20,24)(H,21,23). The number of likely N-dealkylation sites (tertiary alicyclic amines) is 1. The van der Waals surface area contributed by atoms with Crippen LogP contribution in [0.2, 0.25) is 0 Å². The summed E-state index contributed by atoms with van der Waals surface area (Å²) in [7, 11) is 0. The van der Waals surface area contributed by atoms with E-state index in [1.165, 1.54) is 0 Å². The Labute approximate surface area is 152 Å². The second kappa shape index (κ2) is 7.68. The summed E-state index contributed by atoms with van der Waals surface area (Å²) in [6, 6.07) is 6.55. The first-order valence-electron chi connectivity index (χ1n) is 9.04.